The number of hydrogen-bond acceptors (Lipinski definition) is 8. The normalized spacial score (nSPS) is 19.2. The van der Waals surface area contributed by atoms with Gasteiger partial charge in [0.05, 0.1) is 15.9 Å². The van der Waals surface area contributed by atoms with Crippen molar-refractivity contribution in [1.29, 1.82) is 0 Å². The molecule has 0 aromatic heterocycles. The Morgan fingerprint density at radius 1 is 1.37 bits per heavy atom. The number of carbonyl (C=O) groups is 1. The maximum Gasteiger partial charge on any atom is 0.293 e. The van der Waals surface area contributed by atoms with Crippen molar-refractivity contribution in [2.45, 2.75) is 29.9 Å². The smallest absolute Gasteiger partial charge is 0.293 e. The number of nitrogens with one attached hydrogen (secondary N) is 2. The van der Waals surface area contributed by atoms with E-state index < -0.39 is 20.9 Å². The molecule has 152 valence electrons. The number of sulfone groups is 1. The second kappa shape index (κ2) is 9.83. The fourth-order valence-corrected chi connectivity index (χ4v) is 3.25. The van der Waals surface area contributed by atoms with Crippen molar-refractivity contribution in [2.24, 2.45) is 5.73 Å². The number of ether oxygens (including phenoxy) is 1. The van der Waals surface area contributed by atoms with E-state index >= 15 is 0 Å². The van der Waals surface area contributed by atoms with Crippen molar-refractivity contribution < 1.29 is 22.9 Å². The number of amides is 1. The minimum Gasteiger partial charge on any atom is -0.378 e. The summed E-state index contributed by atoms with van der Waals surface area (Å²) in [5.41, 5.74) is 5.33. The monoisotopic (exact) mass is 422 g/mol. The molecule has 1 saturated heterocycles. The Labute approximate surface area is 163 Å². The number of nitro benzene ring substituents is 1. The summed E-state index contributed by atoms with van der Waals surface area (Å²) in [6.07, 6.45) is 1.71. The van der Waals surface area contributed by atoms with Crippen molar-refractivity contribution >= 4 is 39.5 Å². The van der Waals surface area contributed by atoms with E-state index in [1.165, 1.54) is 12.1 Å². The van der Waals surface area contributed by atoms with Gasteiger partial charge < -0.3 is 21.1 Å². The van der Waals surface area contributed by atoms with Gasteiger partial charge in [0.2, 0.25) is 5.91 Å². The Bertz CT molecular complexity index is 789. The van der Waals surface area contributed by atoms with Crippen LogP contribution in [-0.2, 0) is 19.4 Å². The zero-order valence-electron chi connectivity index (χ0n) is 14.7. The Morgan fingerprint density at radius 3 is 2.63 bits per heavy atom. The first-order valence-electron chi connectivity index (χ1n) is 8.08. The molecule has 4 N–H and O–H groups in total. The first kappa shape index (κ1) is 23.1. The zero-order valence-corrected chi connectivity index (χ0v) is 16.3. The van der Waals surface area contributed by atoms with Crippen LogP contribution in [0.5, 0.6) is 0 Å². The van der Waals surface area contributed by atoms with E-state index in [9.17, 15) is 23.3 Å². The van der Waals surface area contributed by atoms with Crippen LogP contribution in [0, 0.1) is 10.1 Å². The van der Waals surface area contributed by atoms with Crippen LogP contribution >= 0.6 is 12.4 Å². The summed E-state index contributed by atoms with van der Waals surface area (Å²) < 4.78 is 28.5. The Hall–Kier alpha value is -1.95. The second-order valence-electron chi connectivity index (χ2n) is 5.99. The molecule has 0 aliphatic carbocycles. The number of rotatable bonds is 8. The van der Waals surface area contributed by atoms with Gasteiger partial charge in [0.1, 0.15) is 11.8 Å². The lowest BCUT2D eigenvalue weighted by Crippen LogP contribution is -2.37. The molecule has 0 unspecified atom stereocenters. The summed E-state index contributed by atoms with van der Waals surface area (Å²) in [7, 11) is -3.54. The lowest BCUT2D eigenvalue weighted by Gasteiger charge is -2.13. The standard InChI is InChI=1S/C15H22N4O6S.ClH/c1-26(23,24)11-3-4-12(13(8-11)19(21)22)17-6-7-18-15(20)14-5-2-10(9-16)25-14;/h3-4,8,10,14,17H,2,5-7,9,16H2,1H3,(H,18,20);1H/t10-,14+;/m1./s1. The highest BCUT2D eigenvalue weighted by atomic mass is 35.5. The second-order valence-corrected chi connectivity index (χ2v) is 8.00. The summed E-state index contributed by atoms with van der Waals surface area (Å²) in [4.78, 5) is 22.3. The van der Waals surface area contributed by atoms with Gasteiger partial charge in [-0.15, -0.1) is 12.4 Å². The van der Waals surface area contributed by atoms with Crippen molar-refractivity contribution in [1.82, 2.24) is 5.32 Å². The molecule has 0 saturated carbocycles. The highest BCUT2D eigenvalue weighted by Gasteiger charge is 2.29. The number of carbonyl (C=O) groups excluding carboxylic acids is 1. The topological polar surface area (TPSA) is 154 Å². The molecule has 1 fully saturated rings. The average Bonchev–Trinajstić information content (AvgIpc) is 3.06. The lowest BCUT2D eigenvalue weighted by atomic mass is 10.2. The van der Waals surface area contributed by atoms with Crippen LogP contribution in [0.4, 0.5) is 11.4 Å². The van der Waals surface area contributed by atoms with Gasteiger partial charge in [-0.25, -0.2) is 8.42 Å². The summed E-state index contributed by atoms with van der Waals surface area (Å²) >= 11 is 0. The van der Waals surface area contributed by atoms with E-state index in [0.29, 0.717) is 13.0 Å². The molecule has 2 atom stereocenters. The molecular formula is C15H23ClN4O6S. The number of nitrogens with two attached hydrogens (primary N) is 1. The van der Waals surface area contributed by atoms with Crippen LogP contribution in [0.3, 0.4) is 0 Å². The number of benzene rings is 1. The van der Waals surface area contributed by atoms with Gasteiger partial charge in [-0.1, -0.05) is 0 Å². The van der Waals surface area contributed by atoms with Gasteiger partial charge in [0.15, 0.2) is 9.84 Å². The zero-order chi connectivity index (χ0) is 19.3. The average molecular weight is 423 g/mol. The molecule has 1 amide bonds. The third-order valence-electron chi connectivity index (χ3n) is 4.00. The third-order valence-corrected chi connectivity index (χ3v) is 5.11. The highest BCUT2D eigenvalue weighted by molar-refractivity contribution is 7.90. The van der Waals surface area contributed by atoms with Crippen LogP contribution in [0.15, 0.2) is 23.1 Å². The van der Waals surface area contributed by atoms with Gasteiger partial charge >= 0.3 is 0 Å². The highest BCUT2D eigenvalue weighted by Crippen LogP contribution is 2.27. The van der Waals surface area contributed by atoms with E-state index in [1.807, 2.05) is 0 Å². The van der Waals surface area contributed by atoms with Gasteiger partial charge in [-0.05, 0) is 25.0 Å². The predicted octanol–water partition coefficient (Wildman–Crippen LogP) is 0.455. The number of hydrogen-bond donors (Lipinski definition) is 3. The van der Waals surface area contributed by atoms with Gasteiger partial charge in [-0.3, -0.25) is 14.9 Å². The Balaban J connectivity index is 0.00000364. The lowest BCUT2D eigenvalue weighted by molar-refractivity contribution is -0.384. The number of nitro groups is 1. The van der Waals surface area contributed by atoms with Crippen molar-refractivity contribution in [3.63, 3.8) is 0 Å². The van der Waals surface area contributed by atoms with E-state index in [0.717, 1.165) is 18.7 Å². The molecule has 0 spiro atoms. The minimum atomic E-state index is -3.54. The first-order valence-corrected chi connectivity index (χ1v) is 9.97. The predicted molar refractivity (Wildman–Crippen MR) is 102 cm³/mol. The minimum absolute atomic E-state index is 0. The number of halogens is 1. The summed E-state index contributed by atoms with van der Waals surface area (Å²) in [5.74, 6) is -0.246. The molecule has 1 aromatic rings. The first-order chi connectivity index (χ1) is 12.2. The van der Waals surface area contributed by atoms with Crippen LogP contribution in [0.2, 0.25) is 0 Å². The van der Waals surface area contributed by atoms with E-state index in [2.05, 4.69) is 10.6 Å². The molecule has 10 nitrogen and oxygen atoms in total. The van der Waals surface area contributed by atoms with Gasteiger partial charge in [0, 0.05) is 32.0 Å². The maximum atomic E-state index is 12.0. The van der Waals surface area contributed by atoms with Gasteiger partial charge in [-0.2, -0.15) is 0 Å². The molecule has 12 heteroatoms. The molecule has 0 bridgehead atoms. The molecule has 0 radical (unpaired) electrons. The largest absolute Gasteiger partial charge is 0.378 e. The maximum absolute atomic E-state index is 12.0. The van der Waals surface area contributed by atoms with Crippen molar-refractivity contribution in [2.75, 3.05) is 31.2 Å². The van der Waals surface area contributed by atoms with Crippen LogP contribution in [-0.4, -0.2) is 57.3 Å². The Morgan fingerprint density at radius 2 is 2.07 bits per heavy atom. The Kier molecular flexibility index (Phi) is 8.41. The van der Waals surface area contributed by atoms with Crippen LogP contribution in [0.1, 0.15) is 12.8 Å². The molecule has 1 aliphatic rings. The SMILES string of the molecule is CS(=O)(=O)c1ccc(NCCNC(=O)[C@@H]2CC[C@H](CN)O2)c([N+](=O)[O-])c1.Cl. The molecular weight excluding hydrogens is 400 g/mol. The van der Waals surface area contributed by atoms with E-state index in [-0.39, 0.29) is 53.8 Å². The molecule has 1 aliphatic heterocycles. The number of nitrogens with zero attached hydrogens (tertiary/aromatic N) is 1. The molecule has 27 heavy (non-hydrogen) atoms. The van der Waals surface area contributed by atoms with Crippen molar-refractivity contribution in [3.05, 3.63) is 28.3 Å². The quantitative estimate of drug-likeness (QED) is 0.310. The summed E-state index contributed by atoms with van der Waals surface area (Å²) in [6, 6.07) is 3.64. The third kappa shape index (κ3) is 6.31. The van der Waals surface area contributed by atoms with Crippen LogP contribution in [0.25, 0.3) is 0 Å². The molecule has 2 rings (SSSR count). The fourth-order valence-electron chi connectivity index (χ4n) is 2.61. The van der Waals surface area contributed by atoms with Crippen molar-refractivity contribution in [3.8, 4) is 0 Å². The summed E-state index contributed by atoms with van der Waals surface area (Å²) in [5, 5.41) is 16.7. The molecule has 1 heterocycles. The van der Waals surface area contributed by atoms with Gasteiger partial charge in [0.25, 0.3) is 5.69 Å². The van der Waals surface area contributed by atoms with E-state index in [4.69, 9.17) is 10.5 Å². The fraction of sp³-hybridized carbons (Fsp3) is 0.533. The number of anilines is 1. The summed E-state index contributed by atoms with van der Waals surface area (Å²) in [6.45, 7) is 0.841. The molecule has 1 aromatic carbocycles. The van der Waals surface area contributed by atoms with Crippen LogP contribution < -0.4 is 16.4 Å². The van der Waals surface area contributed by atoms with E-state index in [1.54, 1.807) is 0 Å².